The number of hydrogen-bond acceptors (Lipinski definition) is 4. The quantitative estimate of drug-likeness (QED) is 0.604. The van der Waals surface area contributed by atoms with Crippen LogP contribution in [0.5, 0.6) is 0 Å². The minimum atomic E-state index is -1.06. The van der Waals surface area contributed by atoms with Gasteiger partial charge in [-0.05, 0) is 30.5 Å². The summed E-state index contributed by atoms with van der Waals surface area (Å²) in [6.07, 6.45) is 0.910. The zero-order valence-electron chi connectivity index (χ0n) is 17.2. The summed E-state index contributed by atoms with van der Waals surface area (Å²) in [5.74, 6) is -0.314. The molecule has 3 amide bonds. The van der Waals surface area contributed by atoms with Gasteiger partial charge in [-0.1, -0.05) is 54.6 Å². The lowest BCUT2D eigenvalue weighted by Gasteiger charge is -2.21. The van der Waals surface area contributed by atoms with E-state index < -0.39 is 12.2 Å². The fraction of sp³-hybridized carbons (Fsp3) is 0.125. The zero-order chi connectivity index (χ0) is 21.8. The predicted molar refractivity (Wildman–Crippen MR) is 126 cm³/mol. The Morgan fingerprint density at radius 1 is 1.00 bits per heavy atom. The van der Waals surface area contributed by atoms with E-state index in [1.165, 1.54) is 4.90 Å². The van der Waals surface area contributed by atoms with Gasteiger partial charge in [-0.3, -0.25) is 4.79 Å². The van der Waals surface area contributed by atoms with Gasteiger partial charge in [0.05, 0.1) is 11.4 Å². The van der Waals surface area contributed by atoms with Crippen molar-refractivity contribution in [2.75, 3.05) is 23.5 Å². The average Bonchev–Trinajstić information content (AvgIpc) is 2.90. The van der Waals surface area contributed by atoms with Crippen LogP contribution in [0.2, 0.25) is 0 Å². The number of fused-ring (bicyclic) bond motifs is 1. The zero-order valence-corrected chi connectivity index (χ0v) is 18.0. The van der Waals surface area contributed by atoms with E-state index in [4.69, 9.17) is 0 Å². The molecule has 1 unspecified atom stereocenters. The van der Waals surface area contributed by atoms with Crippen LogP contribution in [0.15, 0.2) is 88.8 Å². The number of carbonyl (C=O) groups excluding carboxylic acids is 2. The smallest absolute Gasteiger partial charge is 0.311 e. The van der Waals surface area contributed by atoms with Crippen molar-refractivity contribution in [3.05, 3.63) is 90.0 Å². The average molecular weight is 431 g/mol. The highest BCUT2D eigenvalue weighted by molar-refractivity contribution is 7.98. The Bertz CT molecular complexity index is 1150. The first-order valence-electron chi connectivity index (χ1n) is 9.78. The Labute approximate surface area is 185 Å². The number of anilines is 2. The number of amides is 3. The van der Waals surface area contributed by atoms with Crippen LogP contribution >= 0.6 is 11.8 Å². The molecule has 2 N–H and O–H groups in total. The largest absolute Gasteiger partial charge is 0.321 e. The third-order valence-corrected chi connectivity index (χ3v) is 5.71. The number of nitrogens with one attached hydrogen (secondary N) is 2. The van der Waals surface area contributed by atoms with Gasteiger partial charge in [0, 0.05) is 28.8 Å². The summed E-state index contributed by atoms with van der Waals surface area (Å²) in [6, 6.07) is 24.3. The normalized spacial score (nSPS) is 15.5. The molecule has 0 spiro atoms. The maximum Gasteiger partial charge on any atom is 0.321 e. The Morgan fingerprint density at radius 3 is 2.52 bits per heavy atom. The second-order valence-corrected chi connectivity index (χ2v) is 7.87. The number of thioether (sulfide) groups is 1. The molecule has 1 heterocycles. The fourth-order valence-electron chi connectivity index (χ4n) is 3.43. The Balaban J connectivity index is 1.66. The first-order valence-corrected chi connectivity index (χ1v) is 11.0. The van der Waals surface area contributed by atoms with Gasteiger partial charge in [-0.25, -0.2) is 9.79 Å². The minimum Gasteiger partial charge on any atom is -0.311 e. The lowest BCUT2D eigenvalue weighted by molar-refractivity contribution is -0.119. The highest BCUT2D eigenvalue weighted by atomic mass is 32.2. The van der Waals surface area contributed by atoms with Crippen molar-refractivity contribution in [2.45, 2.75) is 11.1 Å². The van der Waals surface area contributed by atoms with E-state index in [9.17, 15) is 9.59 Å². The summed E-state index contributed by atoms with van der Waals surface area (Å²) in [5, 5.41) is 5.52. The molecule has 3 aromatic carbocycles. The molecule has 1 aliphatic rings. The van der Waals surface area contributed by atoms with Gasteiger partial charge in [-0.15, -0.1) is 11.8 Å². The molecule has 1 aliphatic heterocycles. The van der Waals surface area contributed by atoms with E-state index in [2.05, 4.69) is 15.6 Å². The van der Waals surface area contributed by atoms with Crippen molar-refractivity contribution >= 4 is 40.8 Å². The topological polar surface area (TPSA) is 73.8 Å². The van der Waals surface area contributed by atoms with Gasteiger partial charge in [-0.2, -0.15) is 0 Å². The van der Waals surface area contributed by atoms with E-state index in [1.807, 2.05) is 79.1 Å². The van der Waals surface area contributed by atoms with Gasteiger partial charge >= 0.3 is 6.03 Å². The van der Waals surface area contributed by atoms with Crippen LogP contribution in [0.1, 0.15) is 11.1 Å². The standard InChI is InChI=1S/C24H22N4O2S/c1-28-20-14-7-6-13-19(20)21(16-9-4-3-5-10-16)26-22(23(28)29)27-24(30)25-17-11-8-12-18(15-17)31-2/h3-15,22H,1-2H3,(H2,25,27,30). The number of nitrogens with zero attached hydrogens (tertiary/aromatic N) is 2. The monoisotopic (exact) mass is 430 g/mol. The molecule has 6 nitrogen and oxygen atoms in total. The van der Waals surface area contributed by atoms with Crippen LogP contribution in [0.4, 0.5) is 16.2 Å². The summed E-state index contributed by atoms with van der Waals surface area (Å²) in [7, 11) is 1.69. The molecule has 3 aromatic rings. The number of hydrogen-bond donors (Lipinski definition) is 2. The van der Waals surface area contributed by atoms with Crippen LogP contribution in [-0.4, -0.2) is 37.1 Å². The summed E-state index contributed by atoms with van der Waals surface area (Å²) >= 11 is 1.59. The molecular formula is C24H22N4O2S. The third kappa shape index (κ3) is 4.46. The number of aliphatic imine (C=N–C) groups is 1. The molecular weight excluding hydrogens is 408 g/mol. The first-order chi connectivity index (χ1) is 15.1. The Kier molecular flexibility index (Phi) is 6.04. The number of likely N-dealkylation sites (N-methyl/N-ethyl adjacent to an activating group) is 1. The number of urea groups is 1. The SMILES string of the molecule is CSc1cccc(NC(=O)NC2N=C(c3ccccc3)c3ccccc3N(C)C2=O)c1. The molecule has 31 heavy (non-hydrogen) atoms. The van der Waals surface area contributed by atoms with Gasteiger partial charge in [0.15, 0.2) is 0 Å². The van der Waals surface area contributed by atoms with Crippen molar-refractivity contribution in [1.82, 2.24) is 5.32 Å². The van der Waals surface area contributed by atoms with Crippen LogP contribution in [0.25, 0.3) is 0 Å². The lowest BCUT2D eigenvalue weighted by Crippen LogP contribution is -2.47. The molecule has 0 aliphatic carbocycles. The van der Waals surface area contributed by atoms with Gasteiger partial charge in [0.2, 0.25) is 6.17 Å². The summed E-state index contributed by atoms with van der Waals surface area (Å²) in [5.41, 5.74) is 3.75. The van der Waals surface area contributed by atoms with Crippen molar-refractivity contribution < 1.29 is 9.59 Å². The lowest BCUT2D eigenvalue weighted by atomic mass is 10.0. The summed E-state index contributed by atoms with van der Waals surface area (Å²) in [6.45, 7) is 0. The van der Waals surface area contributed by atoms with Crippen molar-refractivity contribution in [2.24, 2.45) is 4.99 Å². The molecule has 156 valence electrons. The first kappa shape index (κ1) is 20.7. The van der Waals surface area contributed by atoms with Gasteiger partial charge in [0.25, 0.3) is 5.91 Å². The predicted octanol–water partition coefficient (Wildman–Crippen LogP) is 4.37. The minimum absolute atomic E-state index is 0.314. The van der Waals surface area contributed by atoms with Crippen LogP contribution < -0.4 is 15.5 Å². The van der Waals surface area contributed by atoms with Crippen LogP contribution in [-0.2, 0) is 4.79 Å². The highest BCUT2D eigenvalue weighted by Crippen LogP contribution is 2.27. The fourth-order valence-corrected chi connectivity index (χ4v) is 3.89. The third-order valence-electron chi connectivity index (χ3n) is 4.99. The molecule has 0 saturated carbocycles. The van der Waals surface area contributed by atoms with Crippen molar-refractivity contribution in [3.63, 3.8) is 0 Å². The molecule has 1 atom stereocenters. The molecule has 0 fully saturated rings. The number of para-hydroxylation sites is 1. The summed E-state index contributed by atoms with van der Waals surface area (Å²) < 4.78 is 0. The van der Waals surface area contributed by atoms with E-state index in [-0.39, 0.29) is 5.91 Å². The van der Waals surface area contributed by atoms with E-state index in [0.717, 1.165) is 21.7 Å². The van der Waals surface area contributed by atoms with Crippen LogP contribution in [0, 0.1) is 0 Å². The summed E-state index contributed by atoms with van der Waals surface area (Å²) in [4.78, 5) is 33.1. The van der Waals surface area contributed by atoms with E-state index in [1.54, 1.807) is 24.9 Å². The number of carbonyl (C=O) groups is 2. The molecule has 0 bridgehead atoms. The van der Waals surface area contributed by atoms with E-state index >= 15 is 0 Å². The Morgan fingerprint density at radius 2 is 1.74 bits per heavy atom. The number of benzodiazepines with no additional fused rings is 1. The maximum atomic E-state index is 13.1. The van der Waals surface area contributed by atoms with Crippen LogP contribution in [0.3, 0.4) is 0 Å². The molecule has 7 heteroatoms. The van der Waals surface area contributed by atoms with Gasteiger partial charge in [0.1, 0.15) is 0 Å². The molecule has 0 radical (unpaired) electrons. The highest BCUT2D eigenvalue weighted by Gasteiger charge is 2.30. The van der Waals surface area contributed by atoms with Crippen molar-refractivity contribution in [1.29, 1.82) is 0 Å². The second-order valence-electron chi connectivity index (χ2n) is 6.99. The maximum absolute atomic E-state index is 13.1. The molecule has 0 saturated heterocycles. The molecule has 0 aromatic heterocycles. The van der Waals surface area contributed by atoms with E-state index in [0.29, 0.717) is 11.4 Å². The second kappa shape index (κ2) is 9.06. The number of rotatable bonds is 4. The Hall–Kier alpha value is -3.58. The molecule has 4 rings (SSSR count). The van der Waals surface area contributed by atoms with Gasteiger partial charge < -0.3 is 15.5 Å². The number of benzene rings is 3. The van der Waals surface area contributed by atoms with Crippen molar-refractivity contribution in [3.8, 4) is 0 Å².